The predicted octanol–water partition coefficient (Wildman–Crippen LogP) is 2.15. The van der Waals surface area contributed by atoms with Crippen LogP contribution >= 0.6 is 0 Å². The molecule has 4 nitrogen and oxygen atoms in total. The first-order valence-corrected chi connectivity index (χ1v) is 6.17. The number of imidazole rings is 1. The van der Waals surface area contributed by atoms with E-state index in [0.29, 0.717) is 6.54 Å². The zero-order valence-electron chi connectivity index (χ0n) is 10.8. The molecule has 2 aromatic rings. The van der Waals surface area contributed by atoms with E-state index in [-0.39, 0.29) is 11.5 Å². The van der Waals surface area contributed by atoms with Crippen molar-refractivity contribution in [2.75, 3.05) is 6.54 Å². The highest BCUT2D eigenvalue weighted by molar-refractivity contribution is 5.94. The first-order valence-electron chi connectivity index (χ1n) is 6.17. The van der Waals surface area contributed by atoms with Gasteiger partial charge >= 0.3 is 0 Å². The van der Waals surface area contributed by atoms with Crippen LogP contribution in [-0.2, 0) is 6.54 Å². The number of nitrogens with zero attached hydrogens (tertiary/aromatic N) is 2. The van der Waals surface area contributed by atoms with Crippen molar-refractivity contribution < 1.29 is 9.18 Å². The van der Waals surface area contributed by atoms with Crippen LogP contribution in [-0.4, -0.2) is 22.0 Å². The van der Waals surface area contributed by atoms with E-state index in [1.807, 2.05) is 17.7 Å². The summed E-state index contributed by atoms with van der Waals surface area (Å²) >= 11 is 0. The van der Waals surface area contributed by atoms with Crippen molar-refractivity contribution in [2.24, 2.45) is 0 Å². The van der Waals surface area contributed by atoms with E-state index in [1.165, 1.54) is 6.07 Å². The summed E-state index contributed by atoms with van der Waals surface area (Å²) in [5, 5.41) is 2.72. The molecule has 100 valence electrons. The fraction of sp³-hybridized carbons (Fsp3) is 0.286. The SMILES string of the molecule is Cc1ccc(F)c(C(=O)NCCCn2ccnc2)c1. The summed E-state index contributed by atoms with van der Waals surface area (Å²) in [6, 6.07) is 4.52. The van der Waals surface area contributed by atoms with E-state index in [9.17, 15) is 9.18 Å². The fourth-order valence-corrected chi connectivity index (χ4v) is 1.79. The van der Waals surface area contributed by atoms with Crippen molar-refractivity contribution in [1.29, 1.82) is 0 Å². The first-order chi connectivity index (χ1) is 9.16. The van der Waals surface area contributed by atoms with Crippen LogP contribution in [0, 0.1) is 12.7 Å². The molecule has 5 heteroatoms. The highest BCUT2D eigenvalue weighted by Gasteiger charge is 2.10. The third-order valence-corrected chi connectivity index (χ3v) is 2.80. The van der Waals surface area contributed by atoms with Crippen LogP contribution in [0.4, 0.5) is 4.39 Å². The maximum atomic E-state index is 13.5. The molecule has 0 saturated carbocycles. The van der Waals surface area contributed by atoms with E-state index >= 15 is 0 Å². The Labute approximate surface area is 111 Å². The lowest BCUT2D eigenvalue weighted by atomic mass is 10.1. The Morgan fingerprint density at radius 2 is 2.32 bits per heavy atom. The lowest BCUT2D eigenvalue weighted by Crippen LogP contribution is -2.26. The summed E-state index contributed by atoms with van der Waals surface area (Å²) in [7, 11) is 0. The summed E-state index contributed by atoms with van der Waals surface area (Å²) in [6.07, 6.45) is 6.07. The molecule has 0 bridgehead atoms. The van der Waals surface area contributed by atoms with Gasteiger partial charge in [-0.1, -0.05) is 11.6 Å². The van der Waals surface area contributed by atoms with Gasteiger partial charge in [0.1, 0.15) is 5.82 Å². The molecule has 0 saturated heterocycles. The highest BCUT2D eigenvalue weighted by Crippen LogP contribution is 2.09. The van der Waals surface area contributed by atoms with Gasteiger partial charge in [0.25, 0.3) is 5.91 Å². The maximum absolute atomic E-state index is 13.5. The van der Waals surface area contributed by atoms with Crippen molar-refractivity contribution in [2.45, 2.75) is 19.9 Å². The molecule has 0 unspecified atom stereocenters. The van der Waals surface area contributed by atoms with Crippen molar-refractivity contribution in [3.05, 3.63) is 53.9 Å². The fourth-order valence-electron chi connectivity index (χ4n) is 1.79. The number of hydrogen-bond acceptors (Lipinski definition) is 2. The lowest BCUT2D eigenvalue weighted by molar-refractivity contribution is 0.0948. The number of aromatic nitrogens is 2. The minimum Gasteiger partial charge on any atom is -0.352 e. The normalized spacial score (nSPS) is 10.4. The van der Waals surface area contributed by atoms with Crippen LogP contribution in [0.3, 0.4) is 0 Å². The van der Waals surface area contributed by atoms with Gasteiger partial charge < -0.3 is 9.88 Å². The Hall–Kier alpha value is -2.17. The number of benzene rings is 1. The van der Waals surface area contributed by atoms with Gasteiger partial charge in [0, 0.05) is 25.5 Å². The van der Waals surface area contributed by atoms with Gasteiger partial charge in [0.15, 0.2) is 0 Å². The van der Waals surface area contributed by atoms with Crippen LogP contribution in [0.1, 0.15) is 22.3 Å². The monoisotopic (exact) mass is 261 g/mol. The van der Waals surface area contributed by atoms with Crippen LogP contribution in [0.25, 0.3) is 0 Å². The summed E-state index contributed by atoms with van der Waals surface area (Å²) in [5.74, 6) is -0.857. The first kappa shape index (κ1) is 13.3. The van der Waals surface area contributed by atoms with E-state index in [1.54, 1.807) is 24.7 Å². The standard InChI is InChI=1S/C14H16FN3O/c1-11-3-4-13(15)12(9-11)14(19)17-5-2-7-18-8-6-16-10-18/h3-4,6,8-10H,2,5,7H2,1H3,(H,17,19). The van der Waals surface area contributed by atoms with E-state index < -0.39 is 5.82 Å². The number of carbonyl (C=O) groups excluding carboxylic acids is 1. The summed E-state index contributed by atoms with van der Waals surface area (Å²) in [4.78, 5) is 15.7. The number of rotatable bonds is 5. The zero-order chi connectivity index (χ0) is 13.7. The van der Waals surface area contributed by atoms with Crippen LogP contribution in [0.2, 0.25) is 0 Å². The average Bonchev–Trinajstić information content (AvgIpc) is 2.90. The van der Waals surface area contributed by atoms with Gasteiger partial charge in [-0.15, -0.1) is 0 Å². The number of nitrogens with one attached hydrogen (secondary N) is 1. The molecule has 0 radical (unpaired) electrons. The highest BCUT2D eigenvalue weighted by atomic mass is 19.1. The Morgan fingerprint density at radius 1 is 1.47 bits per heavy atom. The van der Waals surface area contributed by atoms with E-state index in [2.05, 4.69) is 10.3 Å². The summed E-state index contributed by atoms with van der Waals surface area (Å²) in [5.41, 5.74) is 0.965. The molecule has 0 fully saturated rings. The Bertz CT molecular complexity index is 552. The van der Waals surface area contributed by atoms with Crippen molar-refractivity contribution >= 4 is 5.91 Å². The van der Waals surface area contributed by atoms with E-state index in [0.717, 1.165) is 18.5 Å². The predicted molar refractivity (Wildman–Crippen MR) is 70.3 cm³/mol. The smallest absolute Gasteiger partial charge is 0.254 e. The van der Waals surface area contributed by atoms with E-state index in [4.69, 9.17) is 0 Å². The molecule has 19 heavy (non-hydrogen) atoms. The van der Waals surface area contributed by atoms with Gasteiger partial charge in [-0.25, -0.2) is 9.37 Å². The van der Waals surface area contributed by atoms with Crippen molar-refractivity contribution in [1.82, 2.24) is 14.9 Å². The van der Waals surface area contributed by atoms with Gasteiger partial charge in [0.2, 0.25) is 0 Å². The summed E-state index contributed by atoms with van der Waals surface area (Å²) in [6.45, 7) is 3.11. The van der Waals surface area contributed by atoms with Gasteiger partial charge in [0.05, 0.1) is 11.9 Å². The average molecular weight is 261 g/mol. The zero-order valence-corrected chi connectivity index (χ0v) is 10.8. The Morgan fingerprint density at radius 3 is 3.05 bits per heavy atom. The second kappa shape index (κ2) is 6.13. The van der Waals surface area contributed by atoms with Gasteiger partial charge in [-0.05, 0) is 25.5 Å². The quantitative estimate of drug-likeness (QED) is 0.838. The summed E-state index contributed by atoms with van der Waals surface area (Å²) < 4.78 is 15.4. The molecule has 1 aromatic carbocycles. The molecule has 2 rings (SSSR count). The van der Waals surface area contributed by atoms with Gasteiger partial charge in [-0.2, -0.15) is 0 Å². The molecule has 1 heterocycles. The second-order valence-electron chi connectivity index (χ2n) is 4.39. The third kappa shape index (κ3) is 3.64. The number of aryl methyl sites for hydroxylation is 2. The minimum atomic E-state index is -0.488. The molecule has 0 spiro atoms. The Balaban J connectivity index is 1.82. The number of amides is 1. The molecule has 0 aliphatic rings. The Kier molecular flexibility index (Phi) is 4.28. The lowest BCUT2D eigenvalue weighted by Gasteiger charge is -2.07. The third-order valence-electron chi connectivity index (χ3n) is 2.80. The van der Waals surface area contributed by atoms with Crippen molar-refractivity contribution in [3.8, 4) is 0 Å². The number of halogens is 1. The largest absolute Gasteiger partial charge is 0.352 e. The number of carbonyl (C=O) groups is 1. The molecule has 1 N–H and O–H groups in total. The molecule has 0 aliphatic heterocycles. The van der Waals surface area contributed by atoms with Gasteiger partial charge in [-0.3, -0.25) is 4.79 Å². The van der Waals surface area contributed by atoms with Crippen LogP contribution < -0.4 is 5.32 Å². The molecule has 1 aromatic heterocycles. The molecular formula is C14H16FN3O. The van der Waals surface area contributed by atoms with Crippen molar-refractivity contribution in [3.63, 3.8) is 0 Å². The second-order valence-corrected chi connectivity index (χ2v) is 4.39. The molecule has 0 atom stereocenters. The topological polar surface area (TPSA) is 46.9 Å². The minimum absolute atomic E-state index is 0.0997. The molecule has 1 amide bonds. The molecular weight excluding hydrogens is 245 g/mol. The number of hydrogen-bond donors (Lipinski definition) is 1. The maximum Gasteiger partial charge on any atom is 0.254 e. The molecule has 0 aliphatic carbocycles. The van der Waals surface area contributed by atoms with Crippen LogP contribution in [0.15, 0.2) is 36.9 Å². The van der Waals surface area contributed by atoms with Crippen LogP contribution in [0.5, 0.6) is 0 Å².